The number of hydrogen-bond acceptors (Lipinski definition) is 4. The highest BCUT2D eigenvalue weighted by Crippen LogP contribution is 2.26. The Kier molecular flexibility index (Phi) is 6.42. The van der Waals surface area contributed by atoms with Gasteiger partial charge in [0.25, 0.3) is 5.91 Å². The van der Waals surface area contributed by atoms with Crippen molar-refractivity contribution < 1.29 is 22.0 Å². The number of benzene rings is 1. The minimum atomic E-state index is -3.85. The molecule has 0 aliphatic rings. The maximum atomic E-state index is 14.3. The third-order valence-corrected chi connectivity index (χ3v) is 4.57. The molecule has 9 heteroatoms. The van der Waals surface area contributed by atoms with Gasteiger partial charge >= 0.3 is 0 Å². The van der Waals surface area contributed by atoms with Crippen molar-refractivity contribution in [1.82, 2.24) is 4.98 Å². The Morgan fingerprint density at radius 2 is 1.83 bits per heavy atom. The zero-order valence-corrected chi connectivity index (χ0v) is 17.5. The molecule has 0 saturated carbocycles. The molecule has 0 fully saturated rings. The topological polar surface area (TPSA) is 79.4 Å². The molecule has 0 aliphatic heterocycles. The number of rotatable bonds is 6. The SMILES string of the molecule is C=CC(=O)N(Cc1cc(F)c(NS(C)(=O)=O)c(F)c1)c1ccc(C(C)(C)C)nc1. The summed E-state index contributed by atoms with van der Waals surface area (Å²) in [6.07, 6.45) is 3.39. The summed E-state index contributed by atoms with van der Waals surface area (Å²) in [7, 11) is -3.85. The van der Waals surface area contributed by atoms with Gasteiger partial charge in [-0.15, -0.1) is 0 Å². The summed E-state index contributed by atoms with van der Waals surface area (Å²) in [6.45, 7) is 9.30. The van der Waals surface area contributed by atoms with Crippen LogP contribution in [0.25, 0.3) is 0 Å². The van der Waals surface area contributed by atoms with E-state index in [4.69, 9.17) is 0 Å². The Bertz CT molecular complexity index is 1010. The Balaban J connectivity index is 2.39. The van der Waals surface area contributed by atoms with Crippen LogP contribution in [0.5, 0.6) is 0 Å². The van der Waals surface area contributed by atoms with E-state index in [1.807, 2.05) is 20.8 Å². The molecule has 6 nitrogen and oxygen atoms in total. The van der Waals surface area contributed by atoms with E-state index in [2.05, 4.69) is 11.6 Å². The van der Waals surface area contributed by atoms with Crippen molar-refractivity contribution in [2.75, 3.05) is 15.9 Å². The van der Waals surface area contributed by atoms with E-state index in [-0.39, 0.29) is 17.5 Å². The van der Waals surface area contributed by atoms with Crippen LogP contribution in [0.4, 0.5) is 20.2 Å². The lowest BCUT2D eigenvalue weighted by atomic mass is 9.92. The fourth-order valence-electron chi connectivity index (χ4n) is 2.58. The molecule has 0 bridgehead atoms. The van der Waals surface area contributed by atoms with E-state index in [9.17, 15) is 22.0 Å². The Morgan fingerprint density at radius 1 is 1.24 bits per heavy atom. The number of carbonyl (C=O) groups is 1. The van der Waals surface area contributed by atoms with E-state index in [1.165, 1.54) is 11.1 Å². The summed E-state index contributed by atoms with van der Waals surface area (Å²) in [5.74, 6) is -2.65. The second-order valence-electron chi connectivity index (χ2n) is 7.59. The van der Waals surface area contributed by atoms with Crippen molar-refractivity contribution in [3.8, 4) is 0 Å². The maximum Gasteiger partial charge on any atom is 0.250 e. The molecule has 0 atom stereocenters. The molecule has 1 amide bonds. The van der Waals surface area contributed by atoms with Crippen LogP contribution in [0.2, 0.25) is 0 Å². The lowest BCUT2D eigenvalue weighted by Crippen LogP contribution is -2.29. The summed E-state index contributed by atoms with van der Waals surface area (Å²) in [5.41, 5.74) is 0.436. The average Bonchev–Trinajstić information content (AvgIpc) is 2.61. The Labute approximate surface area is 169 Å². The molecule has 0 saturated heterocycles. The Morgan fingerprint density at radius 3 is 2.24 bits per heavy atom. The fraction of sp³-hybridized carbons (Fsp3) is 0.300. The first-order valence-electron chi connectivity index (χ1n) is 8.68. The van der Waals surface area contributed by atoms with Crippen molar-refractivity contribution in [3.63, 3.8) is 0 Å². The summed E-state index contributed by atoms with van der Waals surface area (Å²) in [4.78, 5) is 18.0. The van der Waals surface area contributed by atoms with Crippen LogP contribution in [-0.4, -0.2) is 25.6 Å². The van der Waals surface area contributed by atoms with Gasteiger partial charge in [0.05, 0.1) is 24.7 Å². The van der Waals surface area contributed by atoms with Crippen molar-refractivity contribution >= 4 is 27.3 Å². The minimum Gasteiger partial charge on any atom is -0.303 e. The fourth-order valence-corrected chi connectivity index (χ4v) is 3.14. The normalized spacial score (nSPS) is 11.8. The number of halogens is 2. The zero-order chi connectivity index (χ0) is 22.0. The number of hydrogen-bond donors (Lipinski definition) is 1. The first-order valence-corrected chi connectivity index (χ1v) is 10.6. The van der Waals surface area contributed by atoms with Gasteiger partial charge in [0.1, 0.15) is 5.69 Å². The lowest BCUT2D eigenvalue weighted by Gasteiger charge is -2.23. The monoisotopic (exact) mass is 423 g/mol. The molecule has 1 aromatic carbocycles. The molecule has 0 radical (unpaired) electrons. The molecule has 1 N–H and O–H groups in total. The highest BCUT2D eigenvalue weighted by atomic mass is 32.2. The number of pyridine rings is 1. The third kappa shape index (κ3) is 5.83. The summed E-state index contributed by atoms with van der Waals surface area (Å²) in [6, 6.07) is 5.41. The first-order chi connectivity index (χ1) is 13.3. The minimum absolute atomic E-state index is 0.133. The predicted molar refractivity (Wildman–Crippen MR) is 109 cm³/mol. The second-order valence-corrected chi connectivity index (χ2v) is 9.34. The first kappa shape index (κ1) is 22.5. The number of sulfonamides is 1. The van der Waals surface area contributed by atoms with Crippen molar-refractivity contribution in [1.29, 1.82) is 0 Å². The van der Waals surface area contributed by atoms with Gasteiger partial charge in [-0.25, -0.2) is 17.2 Å². The number of amides is 1. The van der Waals surface area contributed by atoms with Gasteiger partial charge in [-0.3, -0.25) is 14.5 Å². The van der Waals surface area contributed by atoms with Gasteiger partial charge < -0.3 is 4.90 Å². The van der Waals surface area contributed by atoms with Gasteiger partial charge in [0, 0.05) is 11.1 Å². The average molecular weight is 423 g/mol. The standard InChI is InChI=1S/C20H23F2N3O3S/c1-6-18(26)25(14-7-8-17(23-11-14)20(2,3)4)12-13-9-15(21)19(16(22)10-13)24-29(5,27)28/h6-11,24H,1,12H2,2-5H3. The molecule has 0 unspecified atom stereocenters. The molecule has 1 aromatic heterocycles. The van der Waals surface area contributed by atoms with Gasteiger partial charge in [-0.05, 0) is 35.9 Å². The van der Waals surface area contributed by atoms with Crippen molar-refractivity contribution in [3.05, 3.63) is 66.0 Å². The van der Waals surface area contributed by atoms with Crippen molar-refractivity contribution in [2.24, 2.45) is 0 Å². The van der Waals surface area contributed by atoms with Crippen molar-refractivity contribution in [2.45, 2.75) is 32.7 Å². The molecule has 0 spiro atoms. The van der Waals surface area contributed by atoms with Gasteiger partial charge in [0.15, 0.2) is 11.6 Å². The van der Waals surface area contributed by atoms with E-state index < -0.39 is 33.3 Å². The molecule has 156 valence electrons. The van der Waals surface area contributed by atoms with Crippen LogP contribution in [0.3, 0.4) is 0 Å². The molecule has 1 heterocycles. The third-order valence-electron chi connectivity index (χ3n) is 4.00. The molecular weight excluding hydrogens is 400 g/mol. The number of aromatic nitrogens is 1. The summed E-state index contributed by atoms with van der Waals surface area (Å²) >= 11 is 0. The van der Waals surface area contributed by atoms with Gasteiger partial charge in [-0.2, -0.15) is 0 Å². The van der Waals surface area contributed by atoms with Crippen LogP contribution in [0.1, 0.15) is 32.0 Å². The summed E-state index contributed by atoms with van der Waals surface area (Å²) < 4.78 is 52.8. The van der Waals surface area contributed by atoms with Crippen LogP contribution in [0, 0.1) is 11.6 Å². The molecule has 2 rings (SSSR count). The van der Waals surface area contributed by atoms with Crippen LogP contribution in [-0.2, 0) is 26.8 Å². The number of carbonyl (C=O) groups excluding carboxylic acids is 1. The van der Waals surface area contributed by atoms with Gasteiger partial charge in [-0.1, -0.05) is 27.4 Å². The quantitative estimate of drug-likeness (QED) is 0.718. The van der Waals surface area contributed by atoms with Gasteiger partial charge in [0.2, 0.25) is 10.0 Å². The number of nitrogens with zero attached hydrogens (tertiary/aromatic N) is 2. The number of nitrogens with one attached hydrogen (secondary N) is 1. The molecule has 29 heavy (non-hydrogen) atoms. The van der Waals surface area contributed by atoms with Crippen LogP contribution >= 0.6 is 0 Å². The molecular formula is C20H23F2N3O3S. The van der Waals surface area contributed by atoms with E-state index >= 15 is 0 Å². The molecule has 2 aromatic rings. The summed E-state index contributed by atoms with van der Waals surface area (Å²) in [5, 5.41) is 0. The Hall–Kier alpha value is -2.81. The maximum absolute atomic E-state index is 14.3. The second kappa shape index (κ2) is 8.28. The lowest BCUT2D eigenvalue weighted by molar-refractivity contribution is -0.114. The largest absolute Gasteiger partial charge is 0.303 e. The smallest absolute Gasteiger partial charge is 0.250 e. The van der Waals surface area contributed by atoms with Crippen LogP contribution in [0.15, 0.2) is 43.1 Å². The van der Waals surface area contributed by atoms with E-state index in [1.54, 1.807) is 16.9 Å². The number of anilines is 2. The van der Waals surface area contributed by atoms with E-state index in [0.29, 0.717) is 5.69 Å². The zero-order valence-electron chi connectivity index (χ0n) is 16.7. The predicted octanol–water partition coefficient (Wildman–Crippen LogP) is 3.75. The highest BCUT2D eigenvalue weighted by molar-refractivity contribution is 7.92. The van der Waals surface area contributed by atoms with E-state index in [0.717, 1.165) is 30.2 Å². The molecule has 0 aliphatic carbocycles. The van der Waals surface area contributed by atoms with Crippen LogP contribution < -0.4 is 9.62 Å². The highest BCUT2D eigenvalue weighted by Gasteiger charge is 2.20.